The Balaban J connectivity index is 1.99. The molecule has 0 aromatic heterocycles. The number of rotatable bonds is 4. The normalized spacial score (nSPS) is 21.5. The van der Waals surface area contributed by atoms with E-state index in [0.29, 0.717) is 5.92 Å². The van der Waals surface area contributed by atoms with Gasteiger partial charge in [0, 0.05) is 25.3 Å². The molecule has 1 aromatic rings. The van der Waals surface area contributed by atoms with Gasteiger partial charge in [0.2, 0.25) is 0 Å². The molecule has 1 heterocycles. The number of hydrogen-bond acceptors (Lipinski definition) is 4. The summed E-state index contributed by atoms with van der Waals surface area (Å²) in [7, 11) is 2.07. The molecule has 0 aliphatic carbocycles. The van der Waals surface area contributed by atoms with Crippen LogP contribution in [0.2, 0.25) is 0 Å². The van der Waals surface area contributed by atoms with Crippen LogP contribution in [0.3, 0.4) is 0 Å². The summed E-state index contributed by atoms with van der Waals surface area (Å²) < 4.78 is 5.50. The van der Waals surface area contributed by atoms with Crippen molar-refractivity contribution < 1.29 is 14.9 Å². The molecule has 2 unspecified atom stereocenters. The highest BCUT2D eigenvalue weighted by Crippen LogP contribution is 2.28. The summed E-state index contributed by atoms with van der Waals surface area (Å²) in [4.78, 5) is 2.24. The molecule has 0 bridgehead atoms. The van der Waals surface area contributed by atoms with E-state index in [4.69, 9.17) is 4.74 Å². The number of hydrogen-bond donors (Lipinski definition) is 2. The molecule has 1 fully saturated rings. The van der Waals surface area contributed by atoms with Crippen molar-refractivity contribution in [2.45, 2.75) is 25.8 Å². The average molecular weight is 265 g/mol. The molecule has 0 spiro atoms. The third kappa shape index (κ3) is 3.85. The maximum atomic E-state index is 9.55. The number of phenolic OH excluding ortho intramolecular Hbond substituents is 2. The molecule has 1 saturated heterocycles. The van der Waals surface area contributed by atoms with Crippen LogP contribution in [-0.4, -0.2) is 41.9 Å². The van der Waals surface area contributed by atoms with Crippen LogP contribution in [0, 0.1) is 5.92 Å². The van der Waals surface area contributed by atoms with Gasteiger partial charge in [-0.2, -0.15) is 0 Å². The Morgan fingerprint density at radius 3 is 2.58 bits per heavy atom. The maximum absolute atomic E-state index is 9.55. The molecule has 4 nitrogen and oxygen atoms in total. The maximum Gasteiger partial charge on any atom is 0.119 e. The van der Waals surface area contributed by atoms with E-state index in [-0.39, 0.29) is 17.5 Å². The first kappa shape index (κ1) is 14.2. The first-order valence-electron chi connectivity index (χ1n) is 6.87. The number of aromatic hydroxyl groups is 2. The average Bonchev–Trinajstić information content (AvgIpc) is 2.37. The monoisotopic (exact) mass is 265 g/mol. The Bertz CT molecular complexity index is 396. The van der Waals surface area contributed by atoms with Crippen LogP contribution in [0.15, 0.2) is 18.2 Å². The third-order valence-corrected chi connectivity index (χ3v) is 3.87. The summed E-state index contributed by atoms with van der Waals surface area (Å²) in [5, 5.41) is 19.1. The van der Waals surface area contributed by atoms with Gasteiger partial charge in [0.05, 0.1) is 6.61 Å². The van der Waals surface area contributed by atoms with Crippen molar-refractivity contribution in [2.75, 3.05) is 26.8 Å². The molecule has 1 aliphatic rings. The quantitative estimate of drug-likeness (QED) is 0.878. The van der Waals surface area contributed by atoms with Gasteiger partial charge in [0.1, 0.15) is 11.5 Å². The molecule has 0 saturated carbocycles. The van der Waals surface area contributed by atoms with Gasteiger partial charge in [-0.25, -0.2) is 0 Å². The lowest BCUT2D eigenvalue weighted by molar-refractivity contribution is 0.0371. The van der Waals surface area contributed by atoms with E-state index in [0.717, 1.165) is 31.7 Å². The third-order valence-electron chi connectivity index (χ3n) is 3.87. The molecule has 0 amide bonds. The Hall–Kier alpha value is -1.26. The number of ether oxygens (including phenoxy) is 1. The lowest BCUT2D eigenvalue weighted by Crippen LogP contribution is -2.32. The summed E-state index contributed by atoms with van der Waals surface area (Å²) >= 11 is 0. The molecule has 2 N–H and O–H groups in total. The van der Waals surface area contributed by atoms with E-state index in [2.05, 4.69) is 18.9 Å². The summed E-state index contributed by atoms with van der Waals surface area (Å²) in [6, 6.07) is 4.92. The van der Waals surface area contributed by atoms with Crippen LogP contribution in [-0.2, 0) is 4.74 Å². The van der Waals surface area contributed by atoms with Crippen LogP contribution >= 0.6 is 0 Å². The SMILES string of the molecule is CC(c1cc(O)cc(O)c1)N(C)CC1CCCOC1. The second-order valence-corrected chi connectivity index (χ2v) is 5.48. The van der Waals surface area contributed by atoms with Crippen molar-refractivity contribution in [3.8, 4) is 11.5 Å². The molecule has 1 aliphatic heterocycles. The minimum absolute atomic E-state index is 0.108. The van der Waals surface area contributed by atoms with E-state index in [1.165, 1.54) is 12.5 Å². The predicted octanol–water partition coefficient (Wildman–Crippen LogP) is 2.52. The van der Waals surface area contributed by atoms with Gasteiger partial charge in [-0.05, 0) is 50.4 Å². The zero-order chi connectivity index (χ0) is 13.8. The molecular weight excluding hydrogens is 242 g/mol. The highest BCUT2D eigenvalue weighted by molar-refractivity contribution is 5.37. The van der Waals surface area contributed by atoms with Crippen LogP contribution in [0.1, 0.15) is 31.4 Å². The molecule has 106 valence electrons. The summed E-state index contributed by atoms with van der Waals surface area (Å²) in [6.07, 6.45) is 2.35. The van der Waals surface area contributed by atoms with Crippen molar-refractivity contribution in [2.24, 2.45) is 5.92 Å². The van der Waals surface area contributed by atoms with Gasteiger partial charge in [0.25, 0.3) is 0 Å². The van der Waals surface area contributed by atoms with E-state index in [9.17, 15) is 10.2 Å². The van der Waals surface area contributed by atoms with Crippen LogP contribution in [0.5, 0.6) is 11.5 Å². The summed E-state index contributed by atoms with van der Waals surface area (Å²) in [5.74, 6) is 0.791. The molecule has 4 heteroatoms. The van der Waals surface area contributed by atoms with E-state index in [1.54, 1.807) is 12.1 Å². The molecule has 19 heavy (non-hydrogen) atoms. The van der Waals surface area contributed by atoms with Crippen LogP contribution < -0.4 is 0 Å². The van der Waals surface area contributed by atoms with Crippen LogP contribution in [0.25, 0.3) is 0 Å². The zero-order valence-electron chi connectivity index (χ0n) is 11.7. The lowest BCUT2D eigenvalue weighted by atomic mass is 10.00. The van der Waals surface area contributed by atoms with Crippen molar-refractivity contribution in [3.05, 3.63) is 23.8 Å². The van der Waals surface area contributed by atoms with Gasteiger partial charge in [0.15, 0.2) is 0 Å². The van der Waals surface area contributed by atoms with E-state index < -0.39 is 0 Å². The van der Waals surface area contributed by atoms with E-state index in [1.807, 2.05) is 0 Å². The molecular formula is C15H23NO3. The molecule has 1 aromatic carbocycles. The first-order chi connectivity index (χ1) is 9.06. The van der Waals surface area contributed by atoms with Gasteiger partial charge >= 0.3 is 0 Å². The lowest BCUT2D eigenvalue weighted by Gasteiger charge is -2.31. The van der Waals surface area contributed by atoms with Crippen molar-refractivity contribution in [3.63, 3.8) is 0 Å². The highest BCUT2D eigenvalue weighted by atomic mass is 16.5. The summed E-state index contributed by atoms with van der Waals surface area (Å²) in [5.41, 5.74) is 0.928. The second-order valence-electron chi connectivity index (χ2n) is 5.48. The van der Waals surface area contributed by atoms with Gasteiger partial charge in [-0.1, -0.05) is 0 Å². The highest BCUT2D eigenvalue weighted by Gasteiger charge is 2.20. The fraction of sp³-hybridized carbons (Fsp3) is 0.600. The topological polar surface area (TPSA) is 52.9 Å². The number of benzene rings is 1. The zero-order valence-corrected chi connectivity index (χ0v) is 11.7. The second kappa shape index (κ2) is 6.26. The Kier molecular flexibility index (Phi) is 4.66. The van der Waals surface area contributed by atoms with Crippen molar-refractivity contribution >= 4 is 0 Å². The minimum atomic E-state index is 0.108. The predicted molar refractivity (Wildman–Crippen MR) is 74.4 cm³/mol. The smallest absolute Gasteiger partial charge is 0.119 e. The first-order valence-corrected chi connectivity index (χ1v) is 6.87. The van der Waals surface area contributed by atoms with Crippen molar-refractivity contribution in [1.82, 2.24) is 4.90 Å². The van der Waals surface area contributed by atoms with Gasteiger partial charge in [-0.15, -0.1) is 0 Å². The Labute approximate surface area is 114 Å². The number of phenols is 2. The van der Waals surface area contributed by atoms with Gasteiger partial charge in [-0.3, -0.25) is 4.90 Å². The number of nitrogens with zero attached hydrogens (tertiary/aromatic N) is 1. The fourth-order valence-corrected chi connectivity index (χ4v) is 2.63. The molecule has 2 rings (SSSR count). The van der Waals surface area contributed by atoms with Gasteiger partial charge < -0.3 is 14.9 Å². The molecule has 2 atom stereocenters. The Morgan fingerprint density at radius 1 is 1.32 bits per heavy atom. The molecule has 0 radical (unpaired) electrons. The van der Waals surface area contributed by atoms with Crippen LogP contribution in [0.4, 0.5) is 0 Å². The summed E-state index contributed by atoms with van der Waals surface area (Å²) in [6.45, 7) is 4.77. The fourth-order valence-electron chi connectivity index (χ4n) is 2.63. The van der Waals surface area contributed by atoms with Crippen molar-refractivity contribution in [1.29, 1.82) is 0 Å². The van der Waals surface area contributed by atoms with E-state index >= 15 is 0 Å². The standard InChI is InChI=1S/C15H23NO3/c1-11(13-6-14(17)8-15(18)7-13)16(2)9-12-4-3-5-19-10-12/h6-8,11-12,17-18H,3-5,9-10H2,1-2H3. The largest absolute Gasteiger partial charge is 0.508 e. The minimum Gasteiger partial charge on any atom is -0.508 e. The Morgan fingerprint density at radius 2 is 2.00 bits per heavy atom.